The minimum absolute atomic E-state index is 0.230. The van der Waals surface area contributed by atoms with Crippen molar-refractivity contribution in [3.63, 3.8) is 0 Å². The molecule has 0 aliphatic rings. The summed E-state index contributed by atoms with van der Waals surface area (Å²) in [6.45, 7) is 9.04. The number of benzene rings is 1. The second kappa shape index (κ2) is 7.11. The molecule has 0 N–H and O–H groups in total. The Labute approximate surface area is 124 Å². The fourth-order valence-electron chi connectivity index (χ4n) is 1.98. The van der Waals surface area contributed by atoms with Crippen LogP contribution in [-0.4, -0.2) is 23.9 Å². The Morgan fingerprint density at radius 2 is 1.90 bits per heavy atom. The van der Waals surface area contributed by atoms with Gasteiger partial charge in [-0.05, 0) is 39.0 Å². The van der Waals surface area contributed by atoms with Gasteiger partial charge in [-0.15, -0.1) is 0 Å². The van der Waals surface area contributed by atoms with E-state index in [0.29, 0.717) is 16.7 Å². The molecule has 2 rings (SSSR count). The van der Waals surface area contributed by atoms with Crippen LogP contribution in [0.5, 0.6) is 5.75 Å². The van der Waals surface area contributed by atoms with Gasteiger partial charge in [0.15, 0.2) is 5.82 Å². The van der Waals surface area contributed by atoms with E-state index in [2.05, 4.69) is 0 Å². The Kier molecular flexibility index (Phi) is 5.76. The van der Waals surface area contributed by atoms with Gasteiger partial charge in [-0.2, -0.15) is 0 Å². The van der Waals surface area contributed by atoms with Crippen LogP contribution in [0.25, 0.3) is 10.9 Å². The molecule has 0 unspecified atom stereocenters. The Morgan fingerprint density at radius 1 is 1.29 bits per heavy atom. The van der Waals surface area contributed by atoms with E-state index in [1.165, 1.54) is 11.7 Å². The number of ether oxygens (including phenoxy) is 2. The average Bonchev–Trinajstić information content (AvgIpc) is 2.72. The van der Waals surface area contributed by atoms with E-state index < -0.39 is 11.9 Å². The lowest BCUT2D eigenvalue weighted by molar-refractivity contribution is 0.117. The van der Waals surface area contributed by atoms with Crippen molar-refractivity contribution >= 4 is 17.0 Å². The fraction of sp³-hybridized carbons (Fsp3) is 0.438. The molecule has 1 heterocycles. The zero-order chi connectivity index (χ0) is 16.2. The number of hydrogen-bond donors (Lipinski definition) is 0. The first-order valence-corrected chi connectivity index (χ1v) is 7.01. The third-order valence-corrected chi connectivity index (χ3v) is 2.85. The molecule has 1 aromatic heterocycles. The molecule has 0 radical (unpaired) electrons. The van der Waals surface area contributed by atoms with Gasteiger partial charge in [0.05, 0.1) is 24.4 Å². The van der Waals surface area contributed by atoms with Crippen molar-refractivity contribution in [1.29, 1.82) is 0 Å². The number of aromatic nitrogens is 1. The van der Waals surface area contributed by atoms with Crippen LogP contribution in [0.3, 0.4) is 0 Å². The van der Waals surface area contributed by atoms with Crippen LogP contribution < -0.4 is 4.74 Å². The predicted octanol–water partition coefficient (Wildman–Crippen LogP) is 4.52. The number of carbonyl (C=O) groups excluding carboxylic acids is 1. The van der Waals surface area contributed by atoms with Gasteiger partial charge in [0, 0.05) is 5.39 Å². The number of methoxy groups -OCH3 is 1. The summed E-state index contributed by atoms with van der Waals surface area (Å²) in [5, 5.41) is 0.345. The molecule has 0 amide bonds. The summed E-state index contributed by atoms with van der Waals surface area (Å²) >= 11 is 0. The largest absolute Gasteiger partial charge is 0.497 e. The Bertz CT molecular complexity index is 632. The van der Waals surface area contributed by atoms with E-state index in [4.69, 9.17) is 9.47 Å². The van der Waals surface area contributed by atoms with Crippen molar-refractivity contribution in [3.05, 3.63) is 29.7 Å². The molecule has 0 fully saturated rings. The molecular weight excluding hydrogens is 273 g/mol. The number of nitrogens with zero attached hydrogens (tertiary/aromatic N) is 1. The third kappa shape index (κ3) is 3.35. The first kappa shape index (κ1) is 17.0. The van der Waals surface area contributed by atoms with Gasteiger partial charge >= 0.3 is 6.09 Å². The maximum Gasteiger partial charge on any atom is 0.419 e. The summed E-state index contributed by atoms with van der Waals surface area (Å²) in [5.41, 5.74) is 0.704. The fourth-order valence-corrected chi connectivity index (χ4v) is 1.98. The molecule has 0 bridgehead atoms. The lowest BCUT2D eigenvalue weighted by Gasteiger charge is -2.10. The van der Waals surface area contributed by atoms with Gasteiger partial charge in [0.2, 0.25) is 0 Å². The molecule has 0 aliphatic carbocycles. The van der Waals surface area contributed by atoms with Crippen LogP contribution in [0.2, 0.25) is 0 Å². The number of fused-ring (bicyclic) bond motifs is 1. The maximum absolute atomic E-state index is 14.1. The summed E-state index contributed by atoms with van der Waals surface area (Å²) in [6, 6.07) is 4.89. The van der Waals surface area contributed by atoms with Gasteiger partial charge in [0.25, 0.3) is 0 Å². The van der Waals surface area contributed by atoms with E-state index >= 15 is 0 Å². The van der Waals surface area contributed by atoms with Crippen LogP contribution in [0.15, 0.2) is 18.2 Å². The first-order chi connectivity index (χ1) is 9.95. The van der Waals surface area contributed by atoms with Crippen LogP contribution >= 0.6 is 0 Å². The summed E-state index contributed by atoms with van der Waals surface area (Å²) in [5.74, 6) is 0.107. The minimum atomic E-state index is -0.577. The van der Waals surface area contributed by atoms with Crippen molar-refractivity contribution < 1.29 is 18.7 Å². The van der Waals surface area contributed by atoms with E-state index in [1.54, 1.807) is 39.0 Å². The van der Waals surface area contributed by atoms with Crippen molar-refractivity contribution in [2.24, 2.45) is 0 Å². The van der Waals surface area contributed by atoms with Crippen LogP contribution in [0, 0.1) is 12.7 Å². The zero-order valence-corrected chi connectivity index (χ0v) is 13.4. The van der Waals surface area contributed by atoms with E-state index in [0.717, 1.165) is 0 Å². The van der Waals surface area contributed by atoms with Crippen LogP contribution in [-0.2, 0) is 4.74 Å². The molecule has 0 saturated carbocycles. The Balaban J connectivity index is 0.00000106. The van der Waals surface area contributed by atoms with E-state index in [-0.39, 0.29) is 11.8 Å². The molecule has 0 atom stereocenters. The first-order valence-electron chi connectivity index (χ1n) is 7.01. The van der Waals surface area contributed by atoms with Crippen LogP contribution in [0.4, 0.5) is 9.18 Å². The highest BCUT2D eigenvalue weighted by Gasteiger charge is 2.20. The predicted molar refractivity (Wildman–Crippen MR) is 81.5 cm³/mol. The molecular formula is C16H22FNO3. The van der Waals surface area contributed by atoms with Crippen molar-refractivity contribution in [2.75, 3.05) is 7.11 Å². The summed E-state index contributed by atoms with van der Waals surface area (Å²) in [6.07, 6.45) is -0.836. The smallest absolute Gasteiger partial charge is 0.419 e. The number of rotatable bonds is 2. The standard InChI is InChI=1S/C14H16FNO3.C2H6/c1-8(2)19-14(17)16-9(3)13(15)11-7-10(18-4)5-6-12(11)16;1-2/h5-8H,1-4H3;1-2H3. The monoisotopic (exact) mass is 295 g/mol. The average molecular weight is 295 g/mol. The van der Waals surface area contributed by atoms with Crippen LogP contribution in [0.1, 0.15) is 33.4 Å². The second-order valence-electron chi connectivity index (χ2n) is 4.55. The quantitative estimate of drug-likeness (QED) is 0.818. The molecule has 5 heteroatoms. The lowest BCUT2D eigenvalue weighted by atomic mass is 10.2. The minimum Gasteiger partial charge on any atom is -0.497 e. The summed E-state index contributed by atoms with van der Waals surface area (Å²) in [7, 11) is 1.51. The maximum atomic E-state index is 14.1. The molecule has 2 aromatic rings. The van der Waals surface area contributed by atoms with Crippen molar-refractivity contribution in [2.45, 2.75) is 40.7 Å². The number of carbonyl (C=O) groups is 1. The molecule has 1 aromatic carbocycles. The van der Waals surface area contributed by atoms with E-state index in [1.807, 2.05) is 13.8 Å². The van der Waals surface area contributed by atoms with Gasteiger partial charge in [-0.25, -0.2) is 13.8 Å². The highest BCUT2D eigenvalue weighted by Crippen LogP contribution is 2.28. The van der Waals surface area contributed by atoms with Gasteiger partial charge < -0.3 is 9.47 Å². The molecule has 116 valence electrons. The highest BCUT2D eigenvalue weighted by atomic mass is 19.1. The normalized spacial score (nSPS) is 10.3. The molecule has 0 spiro atoms. The van der Waals surface area contributed by atoms with Gasteiger partial charge in [0.1, 0.15) is 5.75 Å². The SMILES string of the molecule is CC.COc1ccc2c(c1)c(F)c(C)n2C(=O)OC(C)C. The third-order valence-electron chi connectivity index (χ3n) is 2.85. The Morgan fingerprint density at radius 3 is 2.43 bits per heavy atom. The van der Waals surface area contributed by atoms with Crippen molar-refractivity contribution in [1.82, 2.24) is 4.57 Å². The Hall–Kier alpha value is -2.04. The number of hydrogen-bond acceptors (Lipinski definition) is 3. The molecule has 0 saturated heterocycles. The van der Waals surface area contributed by atoms with E-state index in [9.17, 15) is 9.18 Å². The number of halogens is 1. The molecule has 0 aliphatic heterocycles. The van der Waals surface area contributed by atoms with Gasteiger partial charge in [-0.1, -0.05) is 13.8 Å². The summed E-state index contributed by atoms with van der Waals surface area (Å²) in [4.78, 5) is 12.0. The molecule has 21 heavy (non-hydrogen) atoms. The topological polar surface area (TPSA) is 40.5 Å². The summed E-state index contributed by atoms with van der Waals surface area (Å²) < 4.78 is 25.6. The van der Waals surface area contributed by atoms with Gasteiger partial charge in [-0.3, -0.25) is 0 Å². The van der Waals surface area contributed by atoms with Crippen molar-refractivity contribution in [3.8, 4) is 5.75 Å². The second-order valence-corrected chi connectivity index (χ2v) is 4.55. The molecule has 4 nitrogen and oxygen atoms in total. The zero-order valence-electron chi connectivity index (χ0n) is 13.4. The highest BCUT2D eigenvalue weighted by molar-refractivity contribution is 5.92. The lowest BCUT2D eigenvalue weighted by Crippen LogP contribution is -2.19.